The van der Waals surface area contributed by atoms with E-state index in [0.29, 0.717) is 19.6 Å². The normalized spacial score (nSPS) is 26.3. The van der Waals surface area contributed by atoms with E-state index in [-0.39, 0.29) is 13.2 Å². The number of hydrogen-bond donors (Lipinski definition) is 2. The van der Waals surface area contributed by atoms with Gasteiger partial charge in [-0.05, 0) is 0 Å². The highest BCUT2D eigenvalue weighted by Crippen LogP contribution is 2.22. The summed E-state index contributed by atoms with van der Waals surface area (Å²) in [6, 6.07) is -1.45. The van der Waals surface area contributed by atoms with Crippen molar-refractivity contribution in [3.05, 3.63) is 0 Å². The Hall–Kier alpha value is -0.330. The number of aliphatic hydroxyl groups is 1. The summed E-state index contributed by atoms with van der Waals surface area (Å²) in [6.45, 7) is 1.04. The van der Waals surface area contributed by atoms with Crippen molar-refractivity contribution in [3.8, 4) is 0 Å². The fraction of sp³-hybridized carbons (Fsp3) is 1.00. The highest BCUT2D eigenvalue weighted by atomic mass is 19.4. The molecule has 1 rings (SSSR count). The average molecular weight is 198 g/mol. The SMILES string of the molecule is OCCN1CCNC(C(F)(F)F)C1. The molecule has 2 N–H and O–H groups in total. The molecule has 1 fully saturated rings. The molecular formula is C7H13F3N2O. The third kappa shape index (κ3) is 3.13. The molecule has 1 saturated heterocycles. The second-order valence-electron chi connectivity index (χ2n) is 3.07. The average Bonchev–Trinajstić information content (AvgIpc) is 2.04. The minimum absolute atomic E-state index is 0.0654. The maximum Gasteiger partial charge on any atom is 0.405 e. The van der Waals surface area contributed by atoms with Gasteiger partial charge in [-0.3, -0.25) is 4.90 Å². The topological polar surface area (TPSA) is 35.5 Å². The van der Waals surface area contributed by atoms with Gasteiger partial charge in [-0.1, -0.05) is 0 Å². The van der Waals surface area contributed by atoms with Crippen molar-refractivity contribution >= 4 is 0 Å². The van der Waals surface area contributed by atoms with Gasteiger partial charge >= 0.3 is 6.18 Å². The third-order valence-electron chi connectivity index (χ3n) is 2.07. The molecule has 0 radical (unpaired) electrons. The van der Waals surface area contributed by atoms with Gasteiger partial charge in [0, 0.05) is 26.2 Å². The van der Waals surface area contributed by atoms with Crippen LogP contribution in [0.25, 0.3) is 0 Å². The zero-order valence-electron chi connectivity index (χ0n) is 7.14. The minimum Gasteiger partial charge on any atom is -0.395 e. The van der Waals surface area contributed by atoms with Crippen LogP contribution in [-0.2, 0) is 0 Å². The Morgan fingerprint density at radius 1 is 1.46 bits per heavy atom. The van der Waals surface area contributed by atoms with Crippen LogP contribution >= 0.6 is 0 Å². The van der Waals surface area contributed by atoms with Gasteiger partial charge in [-0.2, -0.15) is 13.2 Å². The molecule has 78 valence electrons. The number of aliphatic hydroxyl groups excluding tert-OH is 1. The van der Waals surface area contributed by atoms with Crippen molar-refractivity contribution < 1.29 is 18.3 Å². The molecule has 0 spiro atoms. The van der Waals surface area contributed by atoms with E-state index in [2.05, 4.69) is 5.32 Å². The van der Waals surface area contributed by atoms with Crippen LogP contribution in [0.2, 0.25) is 0 Å². The highest BCUT2D eigenvalue weighted by molar-refractivity contribution is 4.83. The lowest BCUT2D eigenvalue weighted by atomic mass is 10.2. The van der Waals surface area contributed by atoms with Crippen molar-refractivity contribution in [2.24, 2.45) is 0 Å². The summed E-state index contributed by atoms with van der Waals surface area (Å²) in [5.41, 5.74) is 0. The predicted molar refractivity (Wildman–Crippen MR) is 41.4 cm³/mol. The molecule has 0 amide bonds. The number of alkyl halides is 3. The molecule has 0 aliphatic carbocycles. The first kappa shape index (κ1) is 10.7. The maximum atomic E-state index is 12.2. The molecule has 1 atom stereocenters. The van der Waals surface area contributed by atoms with Crippen LogP contribution in [0.5, 0.6) is 0 Å². The van der Waals surface area contributed by atoms with E-state index in [1.807, 2.05) is 0 Å². The quantitative estimate of drug-likeness (QED) is 0.646. The van der Waals surface area contributed by atoms with Gasteiger partial charge in [0.2, 0.25) is 0 Å². The molecule has 1 aliphatic rings. The fourth-order valence-corrected chi connectivity index (χ4v) is 1.37. The minimum atomic E-state index is -4.19. The van der Waals surface area contributed by atoms with Crippen LogP contribution in [0.15, 0.2) is 0 Å². The van der Waals surface area contributed by atoms with Crippen LogP contribution in [0, 0.1) is 0 Å². The smallest absolute Gasteiger partial charge is 0.395 e. The Bertz CT molecular complexity index is 160. The van der Waals surface area contributed by atoms with E-state index in [4.69, 9.17) is 5.11 Å². The van der Waals surface area contributed by atoms with Gasteiger partial charge in [0.05, 0.1) is 6.61 Å². The molecule has 0 saturated carbocycles. The zero-order chi connectivity index (χ0) is 9.90. The first-order chi connectivity index (χ1) is 6.04. The van der Waals surface area contributed by atoms with Gasteiger partial charge in [0.25, 0.3) is 0 Å². The Balaban J connectivity index is 2.42. The second kappa shape index (κ2) is 4.26. The first-order valence-corrected chi connectivity index (χ1v) is 4.17. The molecule has 0 aromatic carbocycles. The van der Waals surface area contributed by atoms with Crippen molar-refractivity contribution in [1.82, 2.24) is 10.2 Å². The molecule has 1 unspecified atom stereocenters. The van der Waals surface area contributed by atoms with Crippen LogP contribution in [0.3, 0.4) is 0 Å². The predicted octanol–water partition coefficient (Wildman–Crippen LogP) is -0.185. The lowest BCUT2D eigenvalue weighted by molar-refractivity contribution is -0.164. The van der Waals surface area contributed by atoms with Crippen molar-refractivity contribution in [2.45, 2.75) is 12.2 Å². The molecule has 1 heterocycles. The van der Waals surface area contributed by atoms with Gasteiger partial charge in [-0.25, -0.2) is 0 Å². The molecule has 0 aromatic rings. The van der Waals surface area contributed by atoms with Gasteiger partial charge < -0.3 is 10.4 Å². The van der Waals surface area contributed by atoms with Gasteiger partial charge in [0.1, 0.15) is 6.04 Å². The molecule has 0 bridgehead atoms. The van der Waals surface area contributed by atoms with E-state index in [1.54, 1.807) is 4.90 Å². The number of rotatable bonds is 2. The highest BCUT2D eigenvalue weighted by Gasteiger charge is 2.41. The van der Waals surface area contributed by atoms with Crippen LogP contribution in [0.1, 0.15) is 0 Å². The summed E-state index contributed by atoms with van der Waals surface area (Å²) in [4.78, 5) is 1.61. The number of halogens is 3. The summed E-state index contributed by atoms with van der Waals surface area (Å²) in [5.74, 6) is 0. The summed E-state index contributed by atoms with van der Waals surface area (Å²) in [5, 5.41) is 11.0. The first-order valence-electron chi connectivity index (χ1n) is 4.17. The molecule has 0 aromatic heterocycles. The van der Waals surface area contributed by atoms with E-state index in [9.17, 15) is 13.2 Å². The number of nitrogens with zero attached hydrogens (tertiary/aromatic N) is 1. The lowest BCUT2D eigenvalue weighted by Gasteiger charge is -2.34. The molecular weight excluding hydrogens is 185 g/mol. The van der Waals surface area contributed by atoms with Crippen molar-refractivity contribution in [1.29, 1.82) is 0 Å². The van der Waals surface area contributed by atoms with E-state index < -0.39 is 12.2 Å². The Kier molecular flexibility index (Phi) is 3.52. The third-order valence-corrected chi connectivity index (χ3v) is 2.07. The standard InChI is InChI=1S/C7H13F3N2O/c8-7(9,10)6-5-12(3-4-13)2-1-11-6/h6,11,13H,1-5H2. The van der Waals surface area contributed by atoms with Gasteiger partial charge in [-0.15, -0.1) is 0 Å². The number of piperazine rings is 1. The summed E-state index contributed by atoms with van der Waals surface area (Å²) < 4.78 is 36.6. The Morgan fingerprint density at radius 3 is 2.69 bits per heavy atom. The molecule has 3 nitrogen and oxygen atoms in total. The zero-order valence-corrected chi connectivity index (χ0v) is 7.14. The molecule has 6 heteroatoms. The van der Waals surface area contributed by atoms with Crippen LogP contribution < -0.4 is 5.32 Å². The van der Waals surface area contributed by atoms with E-state index in [0.717, 1.165) is 0 Å². The number of nitrogens with one attached hydrogen (secondary N) is 1. The van der Waals surface area contributed by atoms with E-state index >= 15 is 0 Å². The second-order valence-corrected chi connectivity index (χ2v) is 3.07. The largest absolute Gasteiger partial charge is 0.405 e. The van der Waals surface area contributed by atoms with Crippen LogP contribution in [-0.4, -0.2) is 55.0 Å². The Labute approximate surface area is 74.5 Å². The summed E-state index contributed by atoms with van der Waals surface area (Å²) >= 11 is 0. The van der Waals surface area contributed by atoms with Gasteiger partial charge in [0.15, 0.2) is 0 Å². The number of hydrogen-bond acceptors (Lipinski definition) is 3. The van der Waals surface area contributed by atoms with Crippen molar-refractivity contribution in [2.75, 3.05) is 32.8 Å². The Morgan fingerprint density at radius 2 is 2.15 bits per heavy atom. The summed E-state index contributed by atoms with van der Waals surface area (Å²) in [6.07, 6.45) is -4.19. The number of β-amino-alcohol motifs (C(OH)–C–C–N with tert-alkyl or cyclic N) is 1. The monoisotopic (exact) mass is 198 g/mol. The fourth-order valence-electron chi connectivity index (χ4n) is 1.37. The van der Waals surface area contributed by atoms with Crippen molar-refractivity contribution in [3.63, 3.8) is 0 Å². The lowest BCUT2D eigenvalue weighted by Crippen LogP contribution is -2.57. The van der Waals surface area contributed by atoms with Crippen LogP contribution in [0.4, 0.5) is 13.2 Å². The molecule has 13 heavy (non-hydrogen) atoms. The summed E-state index contributed by atoms with van der Waals surface area (Å²) in [7, 11) is 0. The maximum absolute atomic E-state index is 12.2. The van der Waals surface area contributed by atoms with E-state index in [1.165, 1.54) is 0 Å². The molecule has 1 aliphatic heterocycles.